The quantitative estimate of drug-likeness (QED) is 0.691. The Morgan fingerprint density at radius 1 is 1.12 bits per heavy atom. The second kappa shape index (κ2) is 6.64. The van der Waals surface area contributed by atoms with Crippen LogP contribution >= 0.6 is 0 Å². The van der Waals surface area contributed by atoms with Crippen molar-refractivity contribution in [2.75, 3.05) is 13.2 Å². The molecule has 0 fully saturated rings. The van der Waals surface area contributed by atoms with Crippen molar-refractivity contribution in [1.29, 1.82) is 0 Å². The van der Waals surface area contributed by atoms with Crippen LogP contribution in [0.15, 0.2) is 24.3 Å². The summed E-state index contributed by atoms with van der Waals surface area (Å²) in [6.45, 7) is 4.47. The number of rotatable bonds is 6. The van der Waals surface area contributed by atoms with E-state index in [9.17, 15) is 13.2 Å². The molecule has 0 amide bonds. The molecule has 0 heterocycles. The fourth-order valence-corrected chi connectivity index (χ4v) is 1.64. The van der Waals surface area contributed by atoms with Crippen molar-refractivity contribution in [1.82, 2.24) is 0 Å². The summed E-state index contributed by atoms with van der Waals surface area (Å²) in [7, 11) is 0. The molecule has 95 valence electrons. The normalized spacial score (nSPS) is 11.8. The zero-order valence-electron chi connectivity index (χ0n) is 9.59. The van der Waals surface area contributed by atoms with Crippen LogP contribution in [-0.2, 0) is 17.3 Å². The highest BCUT2D eigenvalue weighted by atomic mass is 19.4. The highest BCUT2D eigenvalue weighted by Gasteiger charge is 2.32. The molecule has 1 aromatic carbocycles. The molecule has 1 nitrogen and oxygen atoms in total. The molecule has 17 heavy (non-hydrogen) atoms. The molecule has 4 heteroatoms. The second-order valence-corrected chi connectivity index (χ2v) is 3.72. The first-order valence-electron chi connectivity index (χ1n) is 5.58. The molecule has 0 aliphatic rings. The Morgan fingerprint density at radius 2 is 1.82 bits per heavy atom. The summed E-state index contributed by atoms with van der Waals surface area (Å²) in [4.78, 5) is 0. The topological polar surface area (TPSA) is 9.23 Å². The minimum atomic E-state index is -4.26. The Labute approximate surface area is 99.6 Å². The van der Waals surface area contributed by atoms with Gasteiger partial charge in [-0.15, -0.1) is 0 Å². The lowest BCUT2D eigenvalue weighted by Gasteiger charge is -2.12. The Morgan fingerprint density at radius 3 is 2.47 bits per heavy atom. The third-order valence-corrected chi connectivity index (χ3v) is 2.45. The van der Waals surface area contributed by atoms with E-state index in [0.717, 1.165) is 12.5 Å². The van der Waals surface area contributed by atoms with E-state index in [1.54, 1.807) is 6.07 Å². The molecule has 1 radical (unpaired) electrons. The summed E-state index contributed by atoms with van der Waals surface area (Å²) in [5, 5.41) is 0. The standard InChI is InChI=1S/C13H16F3O/c1-2-17-10-6-5-8-11-7-3-4-9-12(11)13(14,15)16/h3-4,7,9H,1-2,5-6,8,10H2. The van der Waals surface area contributed by atoms with Gasteiger partial charge in [0, 0.05) is 13.2 Å². The van der Waals surface area contributed by atoms with Gasteiger partial charge < -0.3 is 4.74 Å². The molecule has 0 unspecified atom stereocenters. The van der Waals surface area contributed by atoms with E-state index in [1.807, 2.05) is 0 Å². The van der Waals surface area contributed by atoms with Crippen molar-refractivity contribution in [3.05, 3.63) is 42.3 Å². The maximum absolute atomic E-state index is 12.6. The first-order valence-corrected chi connectivity index (χ1v) is 5.58. The van der Waals surface area contributed by atoms with E-state index < -0.39 is 11.7 Å². The van der Waals surface area contributed by atoms with Crippen LogP contribution in [0.5, 0.6) is 0 Å². The molecule has 0 N–H and O–H groups in total. The van der Waals surface area contributed by atoms with Crippen molar-refractivity contribution in [2.45, 2.75) is 25.4 Å². The van der Waals surface area contributed by atoms with E-state index in [4.69, 9.17) is 4.74 Å². The number of hydrogen-bond acceptors (Lipinski definition) is 1. The predicted molar refractivity (Wildman–Crippen MR) is 60.6 cm³/mol. The smallest absolute Gasteiger partial charge is 0.381 e. The van der Waals surface area contributed by atoms with Gasteiger partial charge in [0.05, 0.1) is 5.56 Å². The van der Waals surface area contributed by atoms with E-state index in [2.05, 4.69) is 6.92 Å². The molecular formula is C13H16F3O. The Hall–Kier alpha value is -1.03. The van der Waals surface area contributed by atoms with Crippen LogP contribution < -0.4 is 0 Å². The summed E-state index contributed by atoms with van der Waals surface area (Å²) in [6, 6.07) is 5.71. The van der Waals surface area contributed by atoms with Crippen LogP contribution in [0.4, 0.5) is 13.2 Å². The molecular weight excluding hydrogens is 229 g/mol. The van der Waals surface area contributed by atoms with E-state index in [0.29, 0.717) is 31.6 Å². The van der Waals surface area contributed by atoms with Crippen LogP contribution in [0.1, 0.15) is 24.0 Å². The first-order chi connectivity index (χ1) is 8.05. The van der Waals surface area contributed by atoms with Gasteiger partial charge in [-0.3, -0.25) is 0 Å². The van der Waals surface area contributed by atoms with Crippen LogP contribution in [0.3, 0.4) is 0 Å². The Kier molecular flexibility index (Phi) is 5.48. The molecule has 1 rings (SSSR count). The summed E-state index contributed by atoms with van der Waals surface area (Å²) >= 11 is 0. The van der Waals surface area contributed by atoms with E-state index >= 15 is 0 Å². The molecule has 0 atom stereocenters. The lowest BCUT2D eigenvalue weighted by atomic mass is 10.0. The highest BCUT2D eigenvalue weighted by Crippen LogP contribution is 2.32. The van der Waals surface area contributed by atoms with Gasteiger partial charge in [0.25, 0.3) is 0 Å². The van der Waals surface area contributed by atoms with Crippen molar-refractivity contribution in [2.24, 2.45) is 0 Å². The maximum atomic E-state index is 12.6. The largest absolute Gasteiger partial charge is 0.416 e. The van der Waals surface area contributed by atoms with Gasteiger partial charge in [0.15, 0.2) is 0 Å². The number of aryl methyl sites for hydroxylation is 1. The zero-order valence-corrected chi connectivity index (χ0v) is 9.59. The number of unbranched alkanes of at least 4 members (excludes halogenated alkanes) is 1. The second-order valence-electron chi connectivity index (χ2n) is 3.72. The first kappa shape index (κ1) is 14.0. The summed E-state index contributed by atoms with van der Waals surface area (Å²) in [5.41, 5.74) is -0.173. The molecule has 0 aromatic heterocycles. The minimum Gasteiger partial charge on any atom is -0.381 e. The SMILES string of the molecule is [CH2]COCCCCc1ccccc1C(F)(F)F. The number of ether oxygens (including phenoxy) is 1. The number of halogens is 3. The van der Waals surface area contributed by atoms with Gasteiger partial charge in [0.2, 0.25) is 0 Å². The van der Waals surface area contributed by atoms with Gasteiger partial charge >= 0.3 is 6.18 Å². The average molecular weight is 245 g/mol. The van der Waals surface area contributed by atoms with E-state index in [1.165, 1.54) is 12.1 Å². The molecule has 0 aliphatic carbocycles. The Bertz CT molecular complexity index is 334. The number of hydrogen-bond donors (Lipinski definition) is 0. The average Bonchev–Trinajstić information content (AvgIpc) is 2.28. The third-order valence-electron chi connectivity index (χ3n) is 2.45. The molecule has 1 aromatic rings. The van der Waals surface area contributed by atoms with Crippen molar-refractivity contribution >= 4 is 0 Å². The van der Waals surface area contributed by atoms with Gasteiger partial charge in [0.1, 0.15) is 0 Å². The zero-order chi connectivity index (χ0) is 12.7. The maximum Gasteiger partial charge on any atom is 0.416 e. The molecule has 0 saturated heterocycles. The Balaban J connectivity index is 2.53. The molecule has 0 spiro atoms. The van der Waals surface area contributed by atoms with Crippen LogP contribution in [-0.4, -0.2) is 13.2 Å². The number of alkyl halides is 3. The van der Waals surface area contributed by atoms with Crippen molar-refractivity contribution < 1.29 is 17.9 Å². The molecule has 0 saturated carbocycles. The van der Waals surface area contributed by atoms with Crippen molar-refractivity contribution in [3.63, 3.8) is 0 Å². The van der Waals surface area contributed by atoms with Crippen LogP contribution in [0, 0.1) is 6.92 Å². The summed E-state index contributed by atoms with van der Waals surface area (Å²) in [5.74, 6) is 0. The third kappa shape index (κ3) is 4.77. The summed E-state index contributed by atoms with van der Waals surface area (Å²) < 4.78 is 43.0. The van der Waals surface area contributed by atoms with Crippen molar-refractivity contribution in [3.8, 4) is 0 Å². The number of benzene rings is 1. The van der Waals surface area contributed by atoms with Crippen LogP contribution in [0.25, 0.3) is 0 Å². The fraction of sp³-hybridized carbons (Fsp3) is 0.462. The lowest BCUT2D eigenvalue weighted by molar-refractivity contribution is -0.138. The monoisotopic (exact) mass is 245 g/mol. The van der Waals surface area contributed by atoms with Gasteiger partial charge in [-0.2, -0.15) is 13.2 Å². The lowest BCUT2D eigenvalue weighted by Crippen LogP contribution is -2.09. The molecule has 0 aliphatic heterocycles. The summed E-state index contributed by atoms with van der Waals surface area (Å²) in [6.07, 6.45) is -2.40. The predicted octanol–water partition coefficient (Wildman–Crippen LogP) is 3.88. The van der Waals surface area contributed by atoms with E-state index in [-0.39, 0.29) is 0 Å². The highest BCUT2D eigenvalue weighted by molar-refractivity contribution is 5.29. The van der Waals surface area contributed by atoms with Gasteiger partial charge in [-0.1, -0.05) is 18.2 Å². The fourth-order valence-electron chi connectivity index (χ4n) is 1.64. The van der Waals surface area contributed by atoms with Crippen LogP contribution in [0.2, 0.25) is 0 Å². The molecule has 0 bridgehead atoms. The van der Waals surface area contributed by atoms with Gasteiger partial charge in [-0.05, 0) is 37.8 Å². The van der Waals surface area contributed by atoms with Gasteiger partial charge in [-0.25, -0.2) is 0 Å². The minimum absolute atomic E-state index is 0.356.